The first-order valence-corrected chi connectivity index (χ1v) is 7.41. The van der Waals surface area contributed by atoms with Crippen molar-refractivity contribution in [3.05, 3.63) is 0 Å². The zero-order valence-corrected chi connectivity index (χ0v) is 11.5. The van der Waals surface area contributed by atoms with E-state index in [-0.39, 0.29) is 0 Å². The molecule has 1 aliphatic carbocycles. The SMILES string of the molecule is CC1CCC(CCN2CCC(=O)CC2C)CC1. The van der Waals surface area contributed by atoms with Gasteiger partial charge in [-0.05, 0) is 31.7 Å². The largest absolute Gasteiger partial charge is 0.300 e. The Bertz CT molecular complexity index is 256. The monoisotopic (exact) mass is 237 g/mol. The van der Waals surface area contributed by atoms with Gasteiger partial charge >= 0.3 is 0 Å². The summed E-state index contributed by atoms with van der Waals surface area (Å²) in [7, 11) is 0. The van der Waals surface area contributed by atoms with Crippen molar-refractivity contribution in [2.24, 2.45) is 11.8 Å². The molecule has 0 radical (unpaired) electrons. The van der Waals surface area contributed by atoms with E-state index < -0.39 is 0 Å². The van der Waals surface area contributed by atoms with E-state index in [4.69, 9.17) is 0 Å². The predicted octanol–water partition coefficient (Wildman–Crippen LogP) is 3.26. The Kier molecular flexibility index (Phi) is 4.61. The van der Waals surface area contributed by atoms with Crippen molar-refractivity contribution in [2.75, 3.05) is 13.1 Å². The Hall–Kier alpha value is -0.370. The van der Waals surface area contributed by atoms with Gasteiger partial charge in [-0.15, -0.1) is 0 Å². The van der Waals surface area contributed by atoms with Crippen LogP contribution in [0.25, 0.3) is 0 Å². The lowest BCUT2D eigenvalue weighted by atomic mass is 9.81. The van der Waals surface area contributed by atoms with E-state index in [9.17, 15) is 4.79 Å². The third kappa shape index (κ3) is 3.80. The van der Waals surface area contributed by atoms with Crippen LogP contribution < -0.4 is 0 Å². The number of rotatable bonds is 3. The Morgan fingerprint density at radius 3 is 2.53 bits per heavy atom. The first kappa shape index (κ1) is 13.1. The van der Waals surface area contributed by atoms with Gasteiger partial charge in [0.15, 0.2) is 0 Å². The van der Waals surface area contributed by atoms with Crippen LogP contribution >= 0.6 is 0 Å². The van der Waals surface area contributed by atoms with Gasteiger partial charge in [0.1, 0.15) is 5.78 Å². The molecule has 2 aliphatic rings. The van der Waals surface area contributed by atoms with Gasteiger partial charge in [0.05, 0.1) is 0 Å². The van der Waals surface area contributed by atoms with E-state index >= 15 is 0 Å². The van der Waals surface area contributed by atoms with Gasteiger partial charge < -0.3 is 0 Å². The van der Waals surface area contributed by atoms with Crippen LogP contribution in [0.4, 0.5) is 0 Å². The summed E-state index contributed by atoms with van der Waals surface area (Å²) in [6.07, 6.45) is 8.64. The summed E-state index contributed by atoms with van der Waals surface area (Å²) >= 11 is 0. The minimum atomic E-state index is 0.459. The Morgan fingerprint density at radius 1 is 1.18 bits per heavy atom. The summed E-state index contributed by atoms with van der Waals surface area (Å²) in [5.41, 5.74) is 0. The number of ketones is 1. The molecule has 0 aromatic carbocycles. The number of carbonyl (C=O) groups excluding carboxylic acids is 1. The first-order valence-electron chi connectivity index (χ1n) is 7.41. The van der Waals surface area contributed by atoms with Crippen LogP contribution in [0.5, 0.6) is 0 Å². The minimum Gasteiger partial charge on any atom is -0.300 e. The summed E-state index contributed by atoms with van der Waals surface area (Å²) in [6.45, 7) is 6.81. The number of hydrogen-bond acceptors (Lipinski definition) is 2. The molecule has 1 unspecified atom stereocenters. The fourth-order valence-electron chi connectivity index (χ4n) is 3.35. The molecule has 98 valence electrons. The molecular formula is C15H27NO. The molecule has 2 rings (SSSR count). The van der Waals surface area contributed by atoms with Crippen LogP contribution in [-0.4, -0.2) is 29.8 Å². The molecule has 17 heavy (non-hydrogen) atoms. The van der Waals surface area contributed by atoms with Gasteiger partial charge in [0.25, 0.3) is 0 Å². The van der Waals surface area contributed by atoms with Crippen molar-refractivity contribution in [2.45, 2.75) is 64.8 Å². The number of carbonyl (C=O) groups is 1. The van der Waals surface area contributed by atoms with E-state index in [1.165, 1.54) is 38.6 Å². The van der Waals surface area contributed by atoms with E-state index in [2.05, 4.69) is 18.7 Å². The summed E-state index contributed by atoms with van der Waals surface area (Å²) in [5.74, 6) is 2.37. The van der Waals surface area contributed by atoms with Gasteiger partial charge in [-0.1, -0.05) is 32.6 Å². The number of nitrogens with zero attached hydrogens (tertiary/aromatic N) is 1. The van der Waals surface area contributed by atoms with Crippen LogP contribution in [0.15, 0.2) is 0 Å². The molecule has 0 N–H and O–H groups in total. The Balaban J connectivity index is 1.69. The van der Waals surface area contributed by atoms with Crippen molar-refractivity contribution in [3.63, 3.8) is 0 Å². The van der Waals surface area contributed by atoms with Crippen molar-refractivity contribution in [1.82, 2.24) is 4.90 Å². The lowest BCUT2D eigenvalue weighted by Crippen LogP contribution is -2.42. The third-order valence-corrected chi connectivity index (χ3v) is 4.78. The van der Waals surface area contributed by atoms with Gasteiger partial charge in [0, 0.05) is 25.4 Å². The molecule has 2 nitrogen and oxygen atoms in total. The second-order valence-electron chi connectivity index (χ2n) is 6.29. The quantitative estimate of drug-likeness (QED) is 0.751. The molecular weight excluding hydrogens is 210 g/mol. The topological polar surface area (TPSA) is 20.3 Å². The molecule has 1 atom stereocenters. The highest BCUT2D eigenvalue weighted by atomic mass is 16.1. The molecule has 0 bridgehead atoms. The summed E-state index contributed by atoms with van der Waals surface area (Å²) < 4.78 is 0. The molecule has 1 heterocycles. The Morgan fingerprint density at radius 2 is 1.88 bits per heavy atom. The van der Waals surface area contributed by atoms with Gasteiger partial charge in [-0.3, -0.25) is 9.69 Å². The van der Waals surface area contributed by atoms with Crippen LogP contribution in [0.2, 0.25) is 0 Å². The molecule has 0 aromatic heterocycles. The average molecular weight is 237 g/mol. The Labute approximate surface area is 106 Å². The normalized spacial score (nSPS) is 36.1. The number of hydrogen-bond donors (Lipinski definition) is 0. The van der Waals surface area contributed by atoms with Crippen molar-refractivity contribution >= 4 is 5.78 Å². The highest BCUT2D eigenvalue weighted by molar-refractivity contribution is 5.79. The summed E-state index contributed by atoms with van der Waals surface area (Å²) in [6, 6.07) is 0.485. The van der Waals surface area contributed by atoms with Gasteiger partial charge in [-0.25, -0.2) is 0 Å². The standard InChI is InChI=1S/C15H27NO/c1-12-3-5-14(6-4-12)7-9-16-10-8-15(17)11-13(16)2/h12-14H,3-11H2,1-2H3. The van der Waals surface area contributed by atoms with Crippen molar-refractivity contribution in [1.29, 1.82) is 0 Å². The zero-order chi connectivity index (χ0) is 12.3. The lowest BCUT2D eigenvalue weighted by Gasteiger charge is -2.34. The number of Topliss-reactive ketones (excluding diaryl/α,β-unsaturated/α-hetero) is 1. The van der Waals surface area contributed by atoms with E-state index in [1.807, 2.05) is 0 Å². The van der Waals surface area contributed by atoms with Gasteiger partial charge in [0.2, 0.25) is 0 Å². The molecule has 0 aromatic rings. The highest BCUT2D eigenvalue weighted by Crippen LogP contribution is 2.30. The first-order chi connectivity index (χ1) is 8.15. The van der Waals surface area contributed by atoms with Crippen molar-refractivity contribution in [3.8, 4) is 0 Å². The molecule has 1 aliphatic heterocycles. The molecule has 1 saturated carbocycles. The van der Waals surface area contributed by atoms with Gasteiger partial charge in [-0.2, -0.15) is 0 Å². The van der Waals surface area contributed by atoms with E-state index in [0.717, 1.165) is 31.2 Å². The maximum atomic E-state index is 11.3. The second kappa shape index (κ2) is 5.99. The molecule has 2 fully saturated rings. The molecule has 2 heteroatoms. The fraction of sp³-hybridized carbons (Fsp3) is 0.933. The van der Waals surface area contributed by atoms with E-state index in [0.29, 0.717) is 11.8 Å². The molecule has 0 amide bonds. The second-order valence-corrected chi connectivity index (χ2v) is 6.29. The molecule has 1 saturated heterocycles. The lowest BCUT2D eigenvalue weighted by molar-refractivity contribution is -0.122. The fourth-order valence-corrected chi connectivity index (χ4v) is 3.35. The summed E-state index contributed by atoms with van der Waals surface area (Å²) in [4.78, 5) is 13.9. The molecule has 0 spiro atoms. The predicted molar refractivity (Wildman–Crippen MR) is 71.0 cm³/mol. The maximum Gasteiger partial charge on any atom is 0.135 e. The third-order valence-electron chi connectivity index (χ3n) is 4.78. The average Bonchev–Trinajstić information content (AvgIpc) is 2.30. The highest BCUT2D eigenvalue weighted by Gasteiger charge is 2.24. The number of piperidine rings is 1. The maximum absolute atomic E-state index is 11.3. The van der Waals surface area contributed by atoms with Crippen molar-refractivity contribution < 1.29 is 4.79 Å². The number of likely N-dealkylation sites (tertiary alicyclic amines) is 1. The van der Waals surface area contributed by atoms with Crippen LogP contribution in [-0.2, 0) is 4.79 Å². The van der Waals surface area contributed by atoms with Crippen LogP contribution in [0, 0.1) is 11.8 Å². The van der Waals surface area contributed by atoms with E-state index in [1.54, 1.807) is 0 Å². The van der Waals surface area contributed by atoms with Crippen LogP contribution in [0.1, 0.15) is 58.8 Å². The smallest absolute Gasteiger partial charge is 0.135 e. The zero-order valence-electron chi connectivity index (χ0n) is 11.5. The van der Waals surface area contributed by atoms with Crippen LogP contribution in [0.3, 0.4) is 0 Å². The minimum absolute atomic E-state index is 0.459. The summed E-state index contributed by atoms with van der Waals surface area (Å²) in [5, 5.41) is 0.